The Bertz CT molecular complexity index is 1450. The molecular weight excluding hydrogens is 561 g/mol. The summed E-state index contributed by atoms with van der Waals surface area (Å²) in [5.74, 6) is -2.28. The van der Waals surface area contributed by atoms with Gasteiger partial charge in [-0.3, -0.25) is 0 Å². The summed E-state index contributed by atoms with van der Waals surface area (Å²) in [6, 6.07) is 15.3. The standard InChI is InChI=1S/C37H47F3N2S/c1-10-29-18-23(2)15-17-32(29)41(22-28-12-11-13-30(20-28)37(7,8)9)25(4)21-42(31-16-14-24(3)19-31)43-36-34(39)27(6)26(5)33(38)35(36)40/h11-13,15,17-18,20,24,31H,4,10,14,16,19,21-22H2,1-3,5-9H3. The Morgan fingerprint density at radius 3 is 2.28 bits per heavy atom. The highest BCUT2D eigenvalue weighted by Crippen LogP contribution is 2.40. The van der Waals surface area contributed by atoms with Crippen LogP contribution < -0.4 is 4.90 Å². The maximum absolute atomic E-state index is 15.5. The number of aryl methyl sites for hydroxylation is 2. The Morgan fingerprint density at radius 2 is 1.65 bits per heavy atom. The van der Waals surface area contributed by atoms with Gasteiger partial charge in [0.1, 0.15) is 5.82 Å². The van der Waals surface area contributed by atoms with E-state index in [0.717, 1.165) is 49.0 Å². The highest BCUT2D eigenvalue weighted by atomic mass is 32.2. The number of hydrogen-bond acceptors (Lipinski definition) is 3. The molecule has 0 aliphatic heterocycles. The van der Waals surface area contributed by atoms with Crippen LogP contribution in [0.2, 0.25) is 0 Å². The monoisotopic (exact) mass is 608 g/mol. The molecule has 1 aliphatic carbocycles. The van der Waals surface area contributed by atoms with Gasteiger partial charge >= 0.3 is 0 Å². The molecule has 232 valence electrons. The second-order valence-electron chi connectivity index (χ2n) is 13.3. The minimum atomic E-state index is -1.12. The highest BCUT2D eigenvalue weighted by molar-refractivity contribution is 7.97. The average molecular weight is 609 g/mol. The third kappa shape index (κ3) is 7.51. The Labute approximate surface area is 261 Å². The van der Waals surface area contributed by atoms with Gasteiger partial charge in [0.25, 0.3) is 0 Å². The lowest BCUT2D eigenvalue weighted by atomic mass is 9.86. The first-order valence-electron chi connectivity index (χ1n) is 15.4. The number of rotatable bonds is 10. The van der Waals surface area contributed by atoms with Gasteiger partial charge in [-0.2, -0.15) is 0 Å². The second kappa shape index (κ2) is 13.5. The summed E-state index contributed by atoms with van der Waals surface area (Å²) >= 11 is 1.000. The second-order valence-corrected chi connectivity index (χ2v) is 14.4. The van der Waals surface area contributed by atoms with Crippen LogP contribution in [-0.4, -0.2) is 16.9 Å². The highest BCUT2D eigenvalue weighted by Gasteiger charge is 2.32. The van der Waals surface area contributed by atoms with Gasteiger partial charge in [-0.05, 0) is 104 Å². The molecule has 0 aromatic heterocycles. The molecule has 0 heterocycles. The van der Waals surface area contributed by atoms with Gasteiger partial charge in [-0.1, -0.05) is 83.2 Å². The molecule has 0 bridgehead atoms. The Balaban J connectivity index is 1.74. The first-order chi connectivity index (χ1) is 20.2. The molecule has 0 spiro atoms. The Hall–Kier alpha value is -2.70. The van der Waals surface area contributed by atoms with E-state index in [2.05, 4.69) is 95.5 Å². The maximum atomic E-state index is 15.5. The molecule has 1 saturated carbocycles. The summed E-state index contributed by atoms with van der Waals surface area (Å²) in [7, 11) is 0. The van der Waals surface area contributed by atoms with Gasteiger partial charge in [0.2, 0.25) is 0 Å². The minimum Gasteiger partial charge on any atom is -0.340 e. The van der Waals surface area contributed by atoms with Crippen LogP contribution >= 0.6 is 11.9 Å². The molecule has 4 rings (SSSR count). The molecule has 0 radical (unpaired) electrons. The molecule has 0 saturated heterocycles. The van der Waals surface area contributed by atoms with Crippen LogP contribution in [0.3, 0.4) is 0 Å². The lowest BCUT2D eigenvalue weighted by molar-refractivity contribution is 0.364. The van der Waals surface area contributed by atoms with Gasteiger partial charge in [-0.15, -0.1) is 0 Å². The van der Waals surface area contributed by atoms with Crippen LogP contribution in [0.1, 0.15) is 87.3 Å². The normalized spacial score (nSPS) is 17.1. The third-order valence-corrected chi connectivity index (χ3v) is 10.1. The summed E-state index contributed by atoms with van der Waals surface area (Å²) in [6.45, 7) is 21.6. The Morgan fingerprint density at radius 1 is 0.953 bits per heavy atom. The molecule has 2 atom stereocenters. The first kappa shape index (κ1) is 33.2. The van der Waals surface area contributed by atoms with E-state index in [0.29, 0.717) is 19.0 Å². The molecule has 0 amide bonds. The summed E-state index contributed by atoms with van der Waals surface area (Å²) in [5.41, 5.74) is 6.92. The summed E-state index contributed by atoms with van der Waals surface area (Å²) in [5, 5.41) is 0. The van der Waals surface area contributed by atoms with Crippen molar-refractivity contribution in [2.24, 2.45) is 5.92 Å². The number of anilines is 1. The van der Waals surface area contributed by atoms with E-state index in [1.165, 1.54) is 36.1 Å². The quantitative estimate of drug-likeness (QED) is 0.167. The molecule has 2 unspecified atom stereocenters. The fraction of sp³-hybridized carbons (Fsp3) is 0.459. The summed E-state index contributed by atoms with van der Waals surface area (Å²) < 4.78 is 47.6. The zero-order valence-electron chi connectivity index (χ0n) is 27.1. The van der Waals surface area contributed by atoms with Crippen molar-refractivity contribution in [1.29, 1.82) is 0 Å². The number of hydrogen-bond donors (Lipinski definition) is 0. The number of halogens is 3. The van der Waals surface area contributed by atoms with Crippen molar-refractivity contribution in [1.82, 2.24) is 4.31 Å². The van der Waals surface area contributed by atoms with Crippen molar-refractivity contribution < 1.29 is 13.2 Å². The molecule has 3 aromatic rings. The topological polar surface area (TPSA) is 6.48 Å². The fourth-order valence-corrected chi connectivity index (χ4v) is 7.14. The van der Waals surface area contributed by atoms with Crippen molar-refractivity contribution >= 4 is 17.6 Å². The van der Waals surface area contributed by atoms with E-state index in [1.54, 1.807) is 0 Å². The van der Waals surface area contributed by atoms with E-state index in [-0.39, 0.29) is 27.5 Å². The van der Waals surface area contributed by atoms with Crippen LogP contribution in [0.5, 0.6) is 0 Å². The average Bonchev–Trinajstić information content (AvgIpc) is 3.41. The van der Waals surface area contributed by atoms with E-state index in [1.807, 2.05) is 4.31 Å². The molecule has 1 aliphatic rings. The fourth-order valence-electron chi connectivity index (χ4n) is 5.94. The van der Waals surface area contributed by atoms with Crippen molar-refractivity contribution in [3.63, 3.8) is 0 Å². The molecule has 0 N–H and O–H groups in total. The number of nitrogens with zero attached hydrogens (tertiary/aromatic N) is 2. The van der Waals surface area contributed by atoms with Gasteiger partial charge < -0.3 is 4.90 Å². The van der Waals surface area contributed by atoms with E-state index in [9.17, 15) is 4.39 Å². The van der Waals surface area contributed by atoms with Gasteiger partial charge in [0.05, 0.1) is 4.90 Å². The third-order valence-electron chi connectivity index (χ3n) is 8.86. The Kier molecular flexibility index (Phi) is 10.4. The van der Waals surface area contributed by atoms with Crippen LogP contribution in [0.15, 0.2) is 59.6 Å². The largest absolute Gasteiger partial charge is 0.340 e. The predicted octanol–water partition coefficient (Wildman–Crippen LogP) is 10.6. The molecular formula is C37H47F3N2S. The lowest BCUT2D eigenvalue weighted by Gasteiger charge is -2.35. The molecule has 1 fully saturated rings. The zero-order chi connectivity index (χ0) is 31.6. The molecule has 6 heteroatoms. The van der Waals surface area contributed by atoms with Crippen molar-refractivity contribution in [2.45, 2.75) is 104 Å². The van der Waals surface area contributed by atoms with Crippen LogP contribution in [-0.2, 0) is 18.4 Å². The SMILES string of the molecule is C=C(CN(Sc1c(F)c(C)c(C)c(F)c1F)C1CCC(C)C1)N(Cc1cccc(C(C)(C)C)c1)c1ccc(C)cc1CC. The van der Waals surface area contributed by atoms with Gasteiger partial charge in [-0.25, -0.2) is 17.5 Å². The molecule has 3 aromatic carbocycles. The predicted molar refractivity (Wildman–Crippen MR) is 176 cm³/mol. The van der Waals surface area contributed by atoms with Crippen LogP contribution in [0.25, 0.3) is 0 Å². The van der Waals surface area contributed by atoms with Crippen molar-refractivity contribution in [3.8, 4) is 0 Å². The van der Waals surface area contributed by atoms with Crippen molar-refractivity contribution in [3.05, 3.63) is 106 Å². The van der Waals surface area contributed by atoms with E-state index in [4.69, 9.17) is 0 Å². The van der Waals surface area contributed by atoms with Crippen LogP contribution in [0, 0.1) is 44.1 Å². The summed E-state index contributed by atoms with van der Waals surface area (Å²) in [6.07, 6.45) is 3.73. The van der Waals surface area contributed by atoms with Crippen molar-refractivity contribution in [2.75, 3.05) is 11.4 Å². The minimum absolute atomic E-state index is 0.0124. The van der Waals surface area contributed by atoms with E-state index >= 15 is 8.78 Å². The lowest BCUT2D eigenvalue weighted by Crippen LogP contribution is -2.35. The van der Waals surface area contributed by atoms with Gasteiger partial charge in [0, 0.05) is 30.5 Å². The molecule has 43 heavy (non-hydrogen) atoms. The molecule has 2 nitrogen and oxygen atoms in total. The number of benzene rings is 3. The van der Waals surface area contributed by atoms with Gasteiger partial charge in [0.15, 0.2) is 11.6 Å². The van der Waals surface area contributed by atoms with E-state index < -0.39 is 17.5 Å². The summed E-state index contributed by atoms with van der Waals surface area (Å²) in [4.78, 5) is 1.97. The maximum Gasteiger partial charge on any atom is 0.176 e. The zero-order valence-corrected chi connectivity index (χ0v) is 27.9. The smallest absolute Gasteiger partial charge is 0.176 e. The first-order valence-corrected chi connectivity index (χ1v) is 16.2. The van der Waals surface area contributed by atoms with Crippen LogP contribution in [0.4, 0.5) is 18.9 Å².